The SMILES string of the molecule is CC1CC(O)(c2ccc(C(F)(F)F)cc2)CC(COc2cc(C(F)(F)F)c3c(c2)ncn3C2CS(=O)(=O)C2)N1. The molecule has 0 spiro atoms. The Morgan fingerprint density at radius 3 is 2.33 bits per heavy atom. The first-order chi connectivity index (χ1) is 18.0. The number of halogens is 6. The molecular formula is C25H25F6N3O4S. The van der Waals surface area contributed by atoms with E-state index in [0.717, 1.165) is 18.2 Å². The Bertz CT molecular complexity index is 1470. The van der Waals surface area contributed by atoms with Crippen LogP contribution in [0.2, 0.25) is 0 Å². The molecule has 39 heavy (non-hydrogen) atoms. The fourth-order valence-corrected chi connectivity index (χ4v) is 6.84. The van der Waals surface area contributed by atoms with Crippen LogP contribution in [0.1, 0.15) is 42.5 Å². The van der Waals surface area contributed by atoms with E-state index in [1.165, 1.54) is 29.1 Å². The molecule has 3 heterocycles. The highest BCUT2D eigenvalue weighted by atomic mass is 32.2. The number of aliphatic hydroxyl groups is 1. The summed E-state index contributed by atoms with van der Waals surface area (Å²) in [6.45, 7) is 1.65. The Balaban J connectivity index is 1.36. The second-order valence-corrected chi connectivity index (χ2v) is 12.5. The highest BCUT2D eigenvalue weighted by Crippen LogP contribution is 2.41. The Hall–Kier alpha value is -2.84. The topological polar surface area (TPSA) is 93.4 Å². The van der Waals surface area contributed by atoms with E-state index in [4.69, 9.17) is 4.74 Å². The number of nitrogens with one attached hydrogen (secondary N) is 1. The molecule has 2 saturated heterocycles. The lowest BCUT2D eigenvalue weighted by atomic mass is 9.79. The van der Waals surface area contributed by atoms with E-state index >= 15 is 0 Å². The van der Waals surface area contributed by atoms with Crippen LogP contribution in [0.15, 0.2) is 42.7 Å². The highest BCUT2D eigenvalue weighted by molar-refractivity contribution is 7.92. The number of ether oxygens (including phenoxy) is 1. The predicted octanol–water partition coefficient (Wildman–Crippen LogP) is 4.45. The maximum Gasteiger partial charge on any atom is 0.418 e. The molecule has 7 nitrogen and oxygen atoms in total. The van der Waals surface area contributed by atoms with Crippen LogP contribution < -0.4 is 10.1 Å². The molecule has 0 radical (unpaired) electrons. The van der Waals surface area contributed by atoms with Gasteiger partial charge in [0, 0.05) is 18.2 Å². The van der Waals surface area contributed by atoms with E-state index in [9.17, 15) is 39.9 Å². The molecule has 14 heteroatoms. The van der Waals surface area contributed by atoms with E-state index in [0.29, 0.717) is 5.56 Å². The number of sulfone groups is 1. The molecule has 2 aliphatic heterocycles. The fourth-order valence-electron chi connectivity index (χ4n) is 5.45. The second kappa shape index (κ2) is 9.37. The zero-order chi connectivity index (χ0) is 28.4. The first-order valence-electron chi connectivity index (χ1n) is 12.1. The minimum Gasteiger partial charge on any atom is -0.492 e. The van der Waals surface area contributed by atoms with Crippen LogP contribution in [0.25, 0.3) is 11.0 Å². The third kappa shape index (κ3) is 5.59. The number of nitrogens with zero attached hydrogens (tertiary/aromatic N) is 2. The first-order valence-corrected chi connectivity index (χ1v) is 13.9. The van der Waals surface area contributed by atoms with Crippen molar-refractivity contribution in [3.63, 3.8) is 0 Å². The van der Waals surface area contributed by atoms with Gasteiger partial charge >= 0.3 is 12.4 Å². The number of fused-ring (bicyclic) bond motifs is 1. The van der Waals surface area contributed by atoms with Gasteiger partial charge in [-0.3, -0.25) is 0 Å². The van der Waals surface area contributed by atoms with Crippen LogP contribution in [-0.4, -0.2) is 53.3 Å². The van der Waals surface area contributed by atoms with Gasteiger partial charge in [-0.2, -0.15) is 26.3 Å². The van der Waals surface area contributed by atoms with Crippen molar-refractivity contribution in [3.05, 3.63) is 59.4 Å². The number of aromatic nitrogens is 2. The van der Waals surface area contributed by atoms with Crippen molar-refractivity contribution in [1.29, 1.82) is 0 Å². The Morgan fingerprint density at radius 2 is 1.74 bits per heavy atom. The summed E-state index contributed by atoms with van der Waals surface area (Å²) in [5, 5.41) is 14.5. The number of hydrogen-bond donors (Lipinski definition) is 2. The molecular weight excluding hydrogens is 552 g/mol. The smallest absolute Gasteiger partial charge is 0.418 e. The van der Waals surface area contributed by atoms with Gasteiger partial charge in [0.2, 0.25) is 0 Å². The summed E-state index contributed by atoms with van der Waals surface area (Å²) in [4.78, 5) is 4.05. The van der Waals surface area contributed by atoms with Gasteiger partial charge in [-0.05, 0) is 43.5 Å². The van der Waals surface area contributed by atoms with Gasteiger partial charge in [-0.1, -0.05) is 12.1 Å². The van der Waals surface area contributed by atoms with Crippen molar-refractivity contribution in [2.45, 2.75) is 55.8 Å². The number of rotatable bonds is 5. The lowest BCUT2D eigenvalue weighted by Crippen LogP contribution is -2.53. The standard InChI is InChI=1S/C25H25F6N3O4S/c1-14-8-23(35,15-2-4-16(5-3-15)24(26,27)28)9-17(33-14)10-38-19-6-20(25(29,30)31)22-21(7-19)32-13-34(22)18-11-39(36,37)12-18/h2-7,13-14,17-18,33,35H,8-12H2,1H3. The molecule has 0 saturated carbocycles. The summed E-state index contributed by atoms with van der Waals surface area (Å²) in [6, 6.07) is 5.01. The molecule has 5 rings (SSSR count). The third-order valence-corrected chi connectivity index (χ3v) is 8.97. The quantitative estimate of drug-likeness (QED) is 0.436. The Morgan fingerprint density at radius 1 is 1.08 bits per heavy atom. The summed E-state index contributed by atoms with van der Waals surface area (Å²) >= 11 is 0. The van der Waals surface area contributed by atoms with Gasteiger partial charge in [0.25, 0.3) is 0 Å². The predicted molar refractivity (Wildman–Crippen MR) is 129 cm³/mol. The van der Waals surface area contributed by atoms with Gasteiger partial charge in [0.15, 0.2) is 9.84 Å². The molecule has 3 unspecified atom stereocenters. The zero-order valence-electron chi connectivity index (χ0n) is 20.6. The zero-order valence-corrected chi connectivity index (χ0v) is 21.4. The van der Waals surface area contributed by atoms with E-state index in [-0.39, 0.29) is 53.8 Å². The van der Waals surface area contributed by atoms with Crippen LogP contribution in [0.5, 0.6) is 5.75 Å². The Labute approximate surface area is 219 Å². The molecule has 0 aliphatic carbocycles. The number of piperidine rings is 1. The minimum atomic E-state index is -4.77. The van der Waals surface area contributed by atoms with E-state index < -0.39 is 51.0 Å². The van der Waals surface area contributed by atoms with Crippen molar-refractivity contribution in [2.75, 3.05) is 18.1 Å². The van der Waals surface area contributed by atoms with E-state index in [1.54, 1.807) is 6.92 Å². The summed E-state index contributed by atoms with van der Waals surface area (Å²) in [5.41, 5.74) is -3.24. The fraction of sp³-hybridized carbons (Fsp3) is 0.480. The van der Waals surface area contributed by atoms with Gasteiger partial charge in [-0.15, -0.1) is 0 Å². The molecule has 2 aliphatic rings. The molecule has 1 aromatic heterocycles. The Kier molecular flexibility index (Phi) is 6.66. The van der Waals surface area contributed by atoms with Crippen LogP contribution in [0.4, 0.5) is 26.3 Å². The largest absolute Gasteiger partial charge is 0.492 e. The third-order valence-electron chi connectivity index (χ3n) is 7.18. The molecule has 3 aromatic rings. The summed E-state index contributed by atoms with van der Waals surface area (Å²) in [5.74, 6) is -0.637. The van der Waals surface area contributed by atoms with Crippen LogP contribution in [0.3, 0.4) is 0 Å². The lowest BCUT2D eigenvalue weighted by Gasteiger charge is -2.41. The normalized spacial score (nSPS) is 25.9. The van der Waals surface area contributed by atoms with Crippen molar-refractivity contribution < 1.29 is 44.6 Å². The van der Waals surface area contributed by atoms with E-state index in [2.05, 4.69) is 10.3 Å². The van der Waals surface area contributed by atoms with Crippen molar-refractivity contribution in [3.8, 4) is 5.75 Å². The minimum absolute atomic E-state index is 0.00430. The van der Waals surface area contributed by atoms with Gasteiger partial charge in [0.05, 0.1) is 51.6 Å². The lowest BCUT2D eigenvalue weighted by molar-refractivity contribution is -0.138. The average molecular weight is 578 g/mol. The molecule has 212 valence electrons. The number of hydrogen-bond acceptors (Lipinski definition) is 6. The molecule has 2 aromatic carbocycles. The van der Waals surface area contributed by atoms with Crippen molar-refractivity contribution >= 4 is 20.9 Å². The summed E-state index contributed by atoms with van der Waals surface area (Å²) in [7, 11) is -3.28. The van der Waals surface area contributed by atoms with Crippen molar-refractivity contribution in [2.24, 2.45) is 0 Å². The molecule has 3 atom stereocenters. The van der Waals surface area contributed by atoms with Gasteiger partial charge < -0.3 is 19.7 Å². The van der Waals surface area contributed by atoms with Crippen LogP contribution in [0, 0.1) is 0 Å². The van der Waals surface area contributed by atoms with Gasteiger partial charge in [-0.25, -0.2) is 13.4 Å². The number of benzene rings is 2. The van der Waals surface area contributed by atoms with Crippen molar-refractivity contribution in [1.82, 2.24) is 14.9 Å². The summed E-state index contributed by atoms with van der Waals surface area (Å²) in [6.07, 6.45) is -7.81. The molecule has 2 N–H and O–H groups in total. The second-order valence-electron chi connectivity index (χ2n) is 10.3. The maximum atomic E-state index is 14.0. The summed E-state index contributed by atoms with van der Waals surface area (Å²) < 4.78 is 111. The van der Waals surface area contributed by atoms with E-state index in [1.807, 2.05) is 0 Å². The monoisotopic (exact) mass is 577 g/mol. The highest BCUT2D eigenvalue weighted by Gasteiger charge is 2.41. The maximum absolute atomic E-state index is 14.0. The molecule has 2 fully saturated rings. The number of alkyl halides is 6. The molecule has 0 amide bonds. The average Bonchev–Trinajstić information content (AvgIpc) is 3.22. The van der Waals surface area contributed by atoms with Crippen LogP contribution >= 0.6 is 0 Å². The van der Waals surface area contributed by atoms with Gasteiger partial charge in [0.1, 0.15) is 12.4 Å². The van der Waals surface area contributed by atoms with Crippen LogP contribution in [-0.2, 0) is 27.8 Å². The number of imidazole rings is 1. The molecule has 0 bridgehead atoms. The first kappa shape index (κ1) is 27.7.